The summed E-state index contributed by atoms with van der Waals surface area (Å²) in [5.74, 6) is 3.11. The van der Waals surface area contributed by atoms with Gasteiger partial charge in [0.15, 0.2) is 0 Å². The fraction of sp³-hybridized carbons (Fsp3) is 0.812. The molecule has 106 valence electrons. The van der Waals surface area contributed by atoms with Crippen molar-refractivity contribution in [1.29, 1.82) is 0 Å². The average molecular weight is 261 g/mol. The van der Waals surface area contributed by atoms with Gasteiger partial charge in [-0.25, -0.2) is 4.98 Å². The Hall–Kier alpha value is -0.830. The molecule has 1 aliphatic carbocycles. The highest BCUT2D eigenvalue weighted by molar-refractivity contribution is 5.19. The Morgan fingerprint density at radius 2 is 2.26 bits per heavy atom. The maximum atomic E-state index is 4.73. The van der Waals surface area contributed by atoms with Crippen LogP contribution in [-0.2, 0) is 19.5 Å². The van der Waals surface area contributed by atoms with E-state index < -0.39 is 0 Å². The smallest absolute Gasteiger partial charge is 0.106 e. The van der Waals surface area contributed by atoms with Gasteiger partial charge in [0.25, 0.3) is 0 Å². The fourth-order valence-electron chi connectivity index (χ4n) is 3.94. The van der Waals surface area contributed by atoms with E-state index in [-0.39, 0.29) is 0 Å². The summed E-state index contributed by atoms with van der Waals surface area (Å²) < 4.78 is 2.50. The van der Waals surface area contributed by atoms with Crippen LogP contribution < -0.4 is 5.32 Å². The van der Waals surface area contributed by atoms with Crippen molar-refractivity contribution in [3.8, 4) is 0 Å². The minimum Gasteiger partial charge on any atom is -0.332 e. The van der Waals surface area contributed by atoms with Gasteiger partial charge in [-0.2, -0.15) is 0 Å². The summed E-state index contributed by atoms with van der Waals surface area (Å²) in [6, 6.07) is 0. The van der Waals surface area contributed by atoms with Crippen molar-refractivity contribution in [2.45, 2.75) is 65.5 Å². The highest BCUT2D eigenvalue weighted by Crippen LogP contribution is 2.31. The van der Waals surface area contributed by atoms with Crippen molar-refractivity contribution in [2.75, 3.05) is 6.54 Å². The highest BCUT2D eigenvalue weighted by atomic mass is 15.1. The monoisotopic (exact) mass is 261 g/mol. The van der Waals surface area contributed by atoms with Crippen LogP contribution in [0.15, 0.2) is 0 Å². The predicted molar refractivity (Wildman–Crippen MR) is 78.1 cm³/mol. The van der Waals surface area contributed by atoms with Crippen LogP contribution in [0, 0.1) is 18.8 Å². The number of fused-ring (bicyclic) bond motifs is 1. The fourth-order valence-corrected chi connectivity index (χ4v) is 3.94. The SMILES string of the molecule is Cc1nc2c(n1CCC1CCCC(C)C1)CCNC2. The molecule has 0 radical (unpaired) electrons. The lowest BCUT2D eigenvalue weighted by molar-refractivity contribution is 0.260. The Kier molecular flexibility index (Phi) is 3.92. The third-order valence-electron chi connectivity index (χ3n) is 4.98. The van der Waals surface area contributed by atoms with Gasteiger partial charge in [-0.1, -0.05) is 26.2 Å². The van der Waals surface area contributed by atoms with Crippen LogP contribution in [0.2, 0.25) is 0 Å². The van der Waals surface area contributed by atoms with E-state index in [1.807, 2.05) is 0 Å². The summed E-state index contributed by atoms with van der Waals surface area (Å²) in [6.07, 6.45) is 8.27. The topological polar surface area (TPSA) is 29.9 Å². The minimum absolute atomic E-state index is 0.945. The standard InChI is InChI=1S/C16H27N3/c1-12-4-3-5-14(10-12)7-9-19-13(2)18-15-11-17-8-6-16(15)19/h12,14,17H,3-11H2,1-2H3. The lowest BCUT2D eigenvalue weighted by Gasteiger charge is -2.27. The predicted octanol–water partition coefficient (Wildman–Crippen LogP) is 3.05. The Labute approximate surface area is 116 Å². The van der Waals surface area contributed by atoms with Crippen molar-refractivity contribution in [3.63, 3.8) is 0 Å². The van der Waals surface area contributed by atoms with E-state index in [0.717, 1.165) is 31.3 Å². The molecule has 19 heavy (non-hydrogen) atoms. The van der Waals surface area contributed by atoms with Crippen molar-refractivity contribution in [2.24, 2.45) is 11.8 Å². The van der Waals surface area contributed by atoms with Crippen molar-refractivity contribution in [1.82, 2.24) is 14.9 Å². The van der Waals surface area contributed by atoms with Crippen LogP contribution in [0.25, 0.3) is 0 Å². The molecule has 3 nitrogen and oxygen atoms in total. The molecule has 0 saturated heterocycles. The lowest BCUT2D eigenvalue weighted by atomic mass is 9.81. The van der Waals surface area contributed by atoms with Gasteiger partial charge in [0.05, 0.1) is 5.69 Å². The first-order valence-electron chi connectivity index (χ1n) is 7.99. The third kappa shape index (κ3) is 2.86. The molecule has 1 aliphatic heterocycles. The zero-order valence-corrected chi connectivity index (χ0v) is 12.4. The third-order valence-corrected chi connectivity index (χ3v) is 4.98. The molecular weight excluding hydrogens is 234 g/mol. The number of aryl methyl sites for hydroxylation is 1. The Balaban J connectivity index is 1.65. The van der Waals surface area contributed by atoms with Crippen molar-refractivity contribution in [3.05, 3.63) is 17.2 Å². The molecule has 1 aromatic heterocycles. The molecule has 0 amide bonds. The van der Waals surface area contributed by atoms with Gasteiger partial charge in [-0.3, -0.25) is 0 Å². The van der Waals surface area contributed by atoms with Crippen LogP contribution in [-0.4, -0.2) is 16.1 Å². The lowest BCUT2D eigenvalue weighted by Crippen LogP contribution is -2.25. The Morgan fingerprint density at radius 1 is 1.37 bits per heavy atom. The zero-order valence-electron chi connectivity index (χ0n) is 12.4. The number of hydrogen-bond acceptors (Lipinski definition) is 2. The molecule has 0 spiro atoms. The van der Waals surface area contributed by atoms with Gasteiger partial charge in [0.1, 0.15) is 5.82 Å². The van der Waals surface area contributed by atoms with E-state index in [0.29, 0.717) is 0 Å². The second kappa shape index (κ2) is 5.66. The van der Waals surface area contributed by atoms with Gasteiger partial charge in [-0.15, -0.1) is 0 Å². The number of imidazole rings is 1. The molecular formula is C16H27N3. The normalized spacial score (nSPS) is 27.3. The van der Waals surface area contributed by atoms with Crippen LogP contribution in [0.4, 0.5) is 0 Å². The summed E-state index contributed by atoms with van der Waals surface area (Å²) in [5.41, 5.74) is 2.79. The molecule has 0 bridgehead atoms. The molecule has 1 fully saturated rings. The van der Waals surface area contributed by atoms with Crippen LogP contribution in [0.5, 0.6) is 0 Å². The molecule has 3 heteroatoms. The highest BCUT2D eigenvalue weighted by Gasteiger charge is 2.21. The van der Waals surface area contributed by atoms with E-state index in [1.165, 1.54) is 55.9 Å². The second-order valence-corrected chi connectivity index (χ2v) is 6.56. The van der Waals surface area contributed by atoms with E-state index in [2.05, 4.69) is 23.7 Å². The van der Waals surface area contributed by atoms with Crippen LogP contribution in [0.3, 0.4) is 0 Å². The first-order chi connectivity index (χ1) is 9.24. The first-order valence-corrected chi connectivity index (χ1v) is 7.99. The van der Waals surface area contributed by atoms with Crippen LogP contribution >= 0.6 is 0 Å². The molecule has 2 unspecified atom stereocenters. The number of rotatable bonds is 3. The molecule has 2 aliphatic rings. The van der Waals surface area contributed by atoms with Gasteiger partial charge in [0.2, 0.25) is 0 Å². The quantitative estimate of drug-likeness (QED) is 0.906. The van der Waals surface area contributed by atoms with Crippen LogP contribution in [0.1, 0.15) is 56.2 Å². The maximum absolute atomic E-state index is 4.73. The van der Waals surface area contributed by atoms with Gasteiger partial charge < -0.3 is 9.88 Å². The molecule has 0 aromatic carbocycles. The summed E-state index contributed by atoms with van der Waals surface area (Å²) in [6.45, 7) is 7.85. The zero-order chi connectivity index (χ0) is 13.2. The molecule has 3 rings (SSSR count). The number of nitrogens with zero attached hydrogens (tertiary/aromatic N) is 2. The summed E-state index contributed by atoms with van der Waals surface area (Å²) in [4.78, 5) is 4.73. The Bertz CT molecular complexity index is 435. The minimum atomic E-state index is 0.945. The number of aromatic nitrogens is 2. The van der Waals surface area contributed by atoms with Gasteiger partial charge in [0, 0.05) is 31.7 Å². The van der Waals surface area contributed by atoms with Gasteiger partial charge in [-0.05, 0) is 31.6 Å². The molecule has 1 N–H and O–H groups in total. The van der Waals surface area contributed by atoms with E-state index in [9.17, 15) is 0 Å². The number of nitrogens with one attached hydrogen (secondary N) is 1. The number of hydrogen-bond donors (Lipinski definition) is 1. The van der Waals surface area contributed by atoms with E-state index >= 15 is 0 Å². The Morgan fingerprint density at radius 3 is 3.11 bits per heavy atom. The average Bonchev–Trinajstić information content (AvgIpc) is 2.72. The molecule has 2 atom stereocenters. The van der Waals surface area contributed by atoms with Crippen molar-refractivity contribution >= 4 is 0 Å². The summed E-state index contributed by atoms with van der Waals surface area (Å²) in [7, 11) is 0. The van der Waals surface area contributed by atoms with Crippen molar-refractivity contribution < 1.29 is 0 Å². The molecule has 1 aromatic rings. The molecule has 1 saturated carbocycles. The van der Waals surface area contributed by atoms with Gasteiger partial charge >= 0.3 is 0 Å². The summed E-state index contributed by atoms with van der Waals surface area (Å²) >= 11 is 0. The molecule has 2 heterocycles. The first kappa shape index (κ1) is 13.2. The van der Waals surface area contributed by atoms with E-state index in [4.69, 9.17) is 4.98 Å². The largest absolute Gasteiger partial charge is 0.332 e. The second-order valence-electron chi connectivity index (χ2n) is 6.56. The summed E-state index contributed by atoms with van der Waals surface area (Å²) in [5, 5.41) is 3.42. The van der Waals surface area contributed by atoms with E-state index in [1.54, 1.807) is 0 Å². The maximum Gasteiger partial charge on any atom is 0.106 e.